The highest BCUT2D eigenvalue weighted by Crippen LogP contribution is 2.42. The van der Waals surface area contributed by atoms with Crippen LogP contribution in [0.25, 0.3) is 0 Å². The Bertz CT molecular complexity index is 1450. The number of amides is 1. The number of methoxy groups -OCH3 is 2. The third-order valence-corrected chi connectivity index (χ3v) is 15.2. The average molecular weight is 667 g/mol. The lowest BCUT2D eigenvalue weighted by atomic mass is 10.0. The first-order chi connectivity index (χ1) is 21.9. The molecule has 0 bridgehead atoms. The molecule has 0 aliphatic carbocycles. The maximum Gasteiger partial charge on any atom is 0.261 e. The van der Waals surface area contributed by atoms with Crippen LogP contribution in [0.2, 0.25) is 5.04 Å². The summed E-state index contributed by atoms with van der Waals surface area (Å²) in [5, 5.41) is 19.9. The highest BCUT2D eigenvalue weighted by Gasteiger charge is 2.59. The van der Waals surface area contributed by atoms with Gasteiger partial charge >= 0.3 is 0 Å². The van der Waals surface area contributed by atoms with Gasteiger partial charge in [-0.1, -0.05) is 81.4 Å². The quantitative estimate of drug-likeness (QED) is 0.254. The summed E-state index contributed by atoms with van der Waals surface area (Å²) in [4.78, 5) is 12.9. The van der Waals surface area contributed by atoms with Crippen molar-refractivity contribution in [2.45, 2.75) is 74.4 Å². The van der Waals surface area contributed by atoms with Crippen molar-refractivity contribution in [3.63, 3.8) is 0 Å². The van der Waals surface area contributed by atoms with E-state index in [2.05, 4.69) is 55.7 Å². The van der Waals surface area contributed by atoms with E-state index < -0.39 is 38.2 Å². The number of thioether (sulfide) groups is 1. The number of ether oxygens (including phenoxy) is 4. The predicted molar refractivity (Wildman–Crippen MR) is 184 cm³/mol. The maximum atomic E-state index is 11.9. The highest BCUT2D eigenvalue weighted by molar-refractivity contribution is 8.00. The van der Waals surface area contributed by atoms with E-state index in [0.717, 1.165) is 26.6 Å². The second kappa shape index (κ2) is 13.8. The number of aliphatic hydroxyl groups excluding tert-OH is 1. The molecule has 3 N–H and O–H groups in total. The van der Waals surface area contributed by atoms with Gasteiger partial charge in [-0.2, -0.15) is 0 Å². The lowest BCUT2D eigenvalue weighted by Crippen LogP contribution is -2.70. The maximum absolute atomic E-state index is 11.9. The number of rotatable bonds is 11. The Balaban J connectivity index is 1.45. The van der Waals surface area contributed by atoms with E-state index in [9.17, 15) is 9.90 Å². The van der Waals surface area contributed by atoms with Crippen LogP contribution in [-0.4, -0.2) is 82.3 Å². The van der Waals surface area contributed by atoms with Crippen LogP contribution in [0.15, 0.2) is 83.8 Å². The Kier molecular flexibility index (Phi) is 10.4. The first-order valence-corrected chi connectivity index (χ1v) is 18.4. The van der Waals surface area contributed by atoms with E-state index in [0.29, 0.717) is 5.75 Å². The number of aliphatic hydroxyl groups is 1. The molecule has 1 saturated heterocycles. The third kappa shape index (κ3) is 6.65. The SMILES string of the molecule is CO[C@@]1(C)O[C@H]([C@H](O)CNc2ccc3c(c2)NC(=O)CS3)[C@@H](CO[Si](c2ccccc2)(c2ccccc2)C(C)(C)C)O[C@]1(C)OC. The monoisotopic (exact) mass is 666 g/mol. The van der Waals surface area contributed by atoms with E-state index in [-0.39, 0.29) is 24.1 Å². The minimum Gasteiger partial charge on any atom is -0.405 e. The lowest BCUT2D eigenvalue weighted by molar-refractivity contribution is -0.454. The summed E-state index contributed by atoms with van der Waals surface area (Å²) in [5.74, 6) is -2.26. The summed E-state index contributed by atoms with van der Waals surface area (Å²) in [5.41, 5.74) is 1.51. The fourth-order valence-electron chi connectivity index (χ4n) is 6.33. The number of nitrogens with one attached hydrogen (secondary N) is 2. The fraction of sp³-hybridized carbons (Fsp3) is 0.457. The van der Waals surface area contributed by atoms with Crippen LogP contribution < -0.4 is 21.0 Å². The Labute approximate surface area is 277 Å². The van der Waals surface area contributed by atoms with Crippen molar-refractivity contribution in [3.05, 3.63) is 78.9 Å². The lowest BCUT2D eigenvalue weighted by Gasteiger charge is -2.53. The van der Waals surface area contributed by atoms with E-state index >= 15 is 0 Å². The Morgan fingerprint density at radius 2 is 1.57 bits per heavy atom. The van der Waals surface area contributed by atoms with Crippen LogP contribution in [-0.2, 0) is 28.2 Å². The summed E-state index contributed by atoms with van der Waals surface area (Å²) in [6.45, 7) is 10.4. The molecule has 0 radical (unpaired) electrons. The van der Waals surface area contributed by atoms with Crippen LogP contribution in [0.5, 0.6) is 0 Å². The van der Waals surface area contributed by atoms with Crippen molar-refractivity contribution in [1.82, 2.24) is 0 Å². The number of benzene rings is 3. The zero-order chi connectivity index (χ0) is 33.2. The van der Waals surface area contributed by atoms with Gasteiger partial charge in [0.2, 0.25) is 17.5 Å². The number of fused-ring (bicyclic) bond motifs is 1. The molecule has 46 heavy (non-hydrogen) atoms. The summed E-state index contributed by atoms with van der Waals surface area (Å²) < 4.78 is 32.1. The molecule has 2 aliphatic rings. The summed E-state index contributed by atoms with van der Waals surface area (Å²) >= 11 is 1.50. The van der Waals surface area contributed by atoms with Gasteiger partial charge in [-0.3, -0.25) is 4.79 Å². The third-order valence-electron chi connectivity index (χ3n) is 9.10. The van der Waals surface area contributed by atoms with Crippen LogP contribution in [0, 0.1) is 0 Å². The van der Waals surface area contributed by atoms with Crippen LogP contribution >= 0.6 is 11.8 Å². The molecule has 3 aromatic carbocycles. The van der Waals surface area contributed by atoms with Gasteiger partial charge in [0.25, 0.3) is 8.32 Å². The van der Waals surface area contributed by atoms with Crippen molar-refractivity contribution in [3.8, 4) is 0 Å². The molecule has 11 heteroatoms. The van der Waals surface area contributed by atoms with E-state index in [1.807, 2.05) is 54.6 Å². The molecule has 3 aromatic rings. The predicted octanol–water partition coefficient (Wildman–Crippen LogP) is 4.59. The zero-order valence-corrected chi connectivity index (χ0v) is 29.5. The minimum absolute atomic E-state index is 0.0359. The molecule has 0 saturated carbocycles. The van der Waals surface area contributed by atoms with Gasteiger partial charge in [0.15, 0.2) is 0 Å². The van der Waals surface area contributed by atoms with Crippen LogP contribution in [0.4, 0.5) is 11.4 Å². The van der Waals surface area contributed by atoms with Crippen molar-refractivity contribution in [1.29, 1.82) is 0 Å². The minimum atomic E-state index is -2.93. The number of hydrogen-bond donors (Lipinski definition) is 3. The Morgan fingerprint density at radius 3 is 2.13 bits per heavy atom. The normalized spacial score (nSPS) is 25.8. The number of hydrogen-bond acceptors (Lipinski definition) is 9. The standard InChI is InChI=1S/C35H46N2O7SSi/c1-33(2,3)46(25-14-10-8-11-15-25,26-16-12-9-13-17-26)42-22-29-32(44-35(5,41-7)34(4,40-6)43-29)28(38)21-36-24-18-19-30-27(20-24)37-31(39)23-45-30/h8-20,28-29,32,36,38H,21-23H2,1-7H3,(H,37,39)/t28-,29-,32-,34+,35+/m1/s1. The topological polar surface area (TPSA) is 108 Å². The molecular weight excluding hydrogens is 621 g/mol. The van der Waals surface area contributed by atoms with Gasteiger partial charge in [-0.15, -0.1) is 11.8 Å². The number of carbonyl (C=O) groups is 1. The average Bonchev–Trinajstić information content (AvgIpc) is 3.05. The molecule has 1 fully saturated rings. The second-order valence-corrected chi connectivity index (χ2v) is 18.3. The van der Waals surface area contributed by atoms with Gasteiger partial charge in [0, 0.05) is 31.3 Å². The van der Waals surface area contributed by atoms with Gasteiger partial charge < -0.3 is 39.1 Å². The second-order valence-electron chi connectivity index (χ2n) is 13.0. The van der Waals surface area contributed by atoms with E-state index in [1.165, 1.54) is 18.9 Å². The molecule has 0 aromatic heterocycles. The summed E-state index contributed by atoms with van der Waals surface area (Å²) in [6.07, 6.45) is -2.58. The first kappa shape index (κ1) is 34.6. The van der Waals surface area contributed by atoms with Crippen molar-refractivity contribution >= 4 is 47.7 Å². The molecule has 5 rings (SSSR count). The van der Waals surface area contributed by atoms with Crippen LogP contribution in [0.3, 0.4) is 0 Å². The molecule has 0 unspecified atom stereocenters. The highest BCUT2D eigenvalue weighted by atomic mass is 32.2. The Hall–Kier alpha value is -2.74. The zero-order valence-electron chi connectivity index (χ0n) is 27.7. The van der Waals surface area contributed by atoms with E-state index in [1.54, 1.807) is 21.0 Å². The van der Waals surface area contributed by atoms with Crippen molar-refractivity contribution in [2.75, 3.05) is 43.8 Å². The number of anilines is 2. The largest absolute Gasteiger partial charge is 0.405 e. The van der Waals surface area contributed by atoms with Gasteiger partial charge in [0.1, 0.15) is 18.3 Å². The van der Waals surface area contributed by atoms with Gasteiger partial charge in [-0.05, 0) is 47.5 Å². The first-order valence-electron chi connectivity index (χ1n) is 15.6. The molecule has 1 amide bonds. The summed E-state index contributed by atoms with van der Waals surface area (Å²) in [7, 11) is 0.146. The molecule has 5 atom stereocenters. The van der Waals surface area contributed by atoms with Gasteiger partial charge in [-0.25, -0.2) is 0 Å². The Morgan fingerprint density at radius 1 is 0.978 bits per heavy atom. The molecule has 248 valence electrons. The molecule has 2 heterocycles. The van der Waals surface area contributed by atoms with Crippen LogP contribution in [0.1, 0.15) is 34.6 Å². The summed E-state index contributed by atoms with van der Waals surface area (Å²) in [6, 6.07) is 26.5. The number of carbonyl (C=O) groups excluding carboxylic acids is 1. The molecule has 0 spiro atoms. The molecule has 9 nitrogen and oxygen atoms in total. The smallest absolute Gasteiger partial charge is 0.261 e. The van der Waals surface area contributed by atoms with Gasteiger partial charge in [0.05, 0.1) is 18.0 Å². The fourth-order valence-corrected chi connectivity index (χ4v) is 11.7. The van der Waals surface area contributed by atoms with E-state index in [4.69, 9.17) is 23.4 Å². The van der Waals surface area contributed by atoms with Crippen molar-refractivity contribution in [2.24, 2.45) is 0 Å². The molecule has 2 aliphatic heterocycles. The molecular formula is C35H46N2O7SSi. The van der Waals surface area contributed by atoms with Crippen molar-refractivity contribution < 1.29 is 33.3 Å².